The number of hydrogen-bond acceptors (Lipinski definition) is 6. The van der Waals surface area contributed by atoms with Crippen LogP contribution < -0.4 is 9.80 Å². The molecule has 4 aromatic rings. The zero-order valence-corrected chi connectivity index (χ0v) is 26.5. The third kappa shape index (κ3) is 9.20. The van der Waals surface area contributed by atoms with E-state index in [0.717, 1.165) is 53.1 Å². The van der Waals surface area contributed by atoms with Crippen molar-refractivity contribution in [3.8, 4) is 0 Å². The Hall–Kier alpha value is -2.67. The molecule has 0 unspecified atom stereocenters. The first-order valence-electron chi connectivity index (χ1n) is 12.0. The molecule has 0 atom stereocenters. The summed E-state index contributed by atoms with van der Waals surface area (Å²) in [7, 11) is 8.06. The van der Waals surface area contributed by atoms with Crippen LogP contribution in [-0.2, 0) is 16.5 Å². The van der Waals surface area contributed by atoms with Crippen LogP contribution in [0.1, 0.15) is 22.3 Å². The van der Waals surface area contributed by atoms with Crippen molar-refractivity contribution in [1.29, 1.82) is 0 Å². The number of benzene rings is 4. The first-order valence-corrected chi connectivity index (χ1v) is 13.6. The van der Waals surface area contributed by atoms with Gasteiger partial charge in [-0.1, -0.05) is 134 Å². The Morgan fingerprint density at radius 1 is 0.385 bits per heavy atom. The molecule has 4 aromatic carbocycles. The van der Waals surface area contributed by atoms with Gasteiger partial charge in [0.25, 0.3) is 0 Å². The molecule has 0 amide bonds. The summed E-state index contributed by atoms with van der Waals surface area (Å²) >= 11 is 21.9. The molecule has 0 radical (unpaired) electrons. The molecule has 0 aliphatic rings. The average molecular weight is 630 g/mol. The standard InChI is InChI=1S/2C16H15NS2.Ni/c2*1-17(2)14-10-8-13(9-11-14)16(19)15(18)12-6-4-3-5-7-12;/h2*3-11H,1-2H3;. The van der Waals surface area contributed by atoms with Crippen LogP contribution in [0.3, 0.4) is 0 Å². The van der Waals surface area contributed by atoms with E-state index in [1.807, 2.05) is 113 Å². The van der Waals surface area contributed by atoms with Gasteiger partial charge in [-0.25, -0.2) is 0 Å². The fourth-order valence-electron chi connectivity index (χ4n) is 3.53. The number of rotatable bonds is 8. The summed E-state index contributed by atoms with van der Waals surface area (Å²) < 4.78 is 0. The summed E-state index contributed by atoms with van der Waals surface area (Å²) in [5, 5.41) is 0. The molecule has 0 aliphatic carbocycles. The Labute approximate surface area is 264 Å². The molecule has 0 spiro atoms. The number of anilines is 2. The maximum absolute atomic E-state index is 5.48. The van der Waals surface area contributed by atoms with E-state index in [0.29, 0.717) is 0 Å². The van der Waals surface area contributed by atoms with Gasteiger partial charge in [0.2, 0.25) is 0 Å². The van der Waals surface area contributed by atoms with Crippen molar-refractivity contribution >= 4 is 79.7 Å². The van der Waals surface area contributed by atoms with Gasteiger partial charge in [0, 0.05) is 56.1 Å². The zero-order chi connectivity index (χ0) is 27.7. The molecule has 39 heavy (non-hydrogen) atoms. The van der Waals surface area contributed by atoms with Crippen molar-refractivity contribution in [2.24, 2.45) is 0 Å². The Balaban J connectivity index is 0.000000267. The second-order valence-electron chi connectivity index (χ2n) is 8.93. The van der Waals surface area contributed by atoms with E-state index in [9.17, 15) is 0 Å². The van der Waals surface area contributed by atoms with Gasteiger partial charge in [-0.15, -0.1) is 0 Å². The van der Waals surface area contributed by atoms with Crippen LogP contribution in [0, 0.1) is 0 Å². The minimum atomic E-state index is 0. The van der Waals surface area contributed by atoms with Gasteiger partial charge in [-0.2, -0.15) is 0 Å². The first-order chi connectivity index (χ1) is 18.2. The smallest absolute Gasteiger partial charge is 0.0636 e. The van der Waals surface area contributed by atoms with Gasteiger partial charge >= 0.3 is 0 Å². The molecular weight excluding hydrogens is 599 g/mol. The van der Waals surface area contributed by atoms with Gasteiger partial charge < -0.3 is 9.80 Å². The summed E-state index contributed by atoms with van der Waals surface area (Å²) in [5.41, 5.74) is 6.29. The molecule has 4 rings (SSSR count). The van der Waals surface area contributed by atoms with Gasteiger partial charge in [0.05, 0.1) is 19.5 Å². The zero-order valence-electron chi connectivity index (χ0n) is 22.2. The normalized spacial score (nSPS) is 9.74. The Morgan fingerprint density at radius 3 is 0.846 bits per heavy atom. The van der Waals surface area contributed by atoms with Crippen molar-refractivity contribution in [2.45, 2.75) is 0 Å². The van der Waals surface area contributed by atoms with Crippen molar-refractivity contribution in [1.82, 2.24) is 0 Å². The maximum atomic E-state index is 5.48. The van der Waals surface area contributed by atoms with Crippen LogP contribution in [0.15, 0.2) is 109 Å². The van der Waals surface area contributed by atoms with Crippen molar-refractivity contribution in [2.75, 3.05) is 38.0 Å². The molecule has 0 saturated heterocycles. The Morgan fingerprint density at radius 2 is 0.615 bits per heavy atom. The van der Waals surface area contributed by atoms with Crippen LogP contribution >= 0.6 is 48.9 Å². The van der Waals surface area contributed by atoms with Gasteiger partial charge in [-0.3, -0.25) is 0 Å². The van der Waals surface area contributed by atoms with Crippen molar-refractivity contribution < 1.29 is 16.5 Å². The number of nitrogens with zero attached hydrogens (tertiary/aromatic N) is 2. The number of thiocarbonyl (C=S) groups is 4. The van der Waals surface area contributed by atoms with Gasteiger partial charge in [0.1, 0.15) is 0 Å². The Bertz CT molecular complexity index is 1290. The molecule has 0 heterocycles. The van der Waals surface area contributed by atoms with Crippen molar-refractivity contribution in [3.05, 3.63) is 131 Å². The third-order valence-electron chi connectivity index (χ3n) is 5.78. The minimum absolute atomic E-state index is 0. The molecular formula is C32H30N2NiS4. The second-order valence-corrected chi connectivity index (χ2v) is 10.6. The molecule has 0 fully saturated rings. The van der Waals surface area contributed by atoms with E-state index < -0.39 is 0 Å². The maximum Gasteiger partial charge on any atom is 0.0636 e. The van der Waals surface area contributed by atoms with Crippen molar-refractivity contribution in [3.63, 3.8) is 0 Å². The van der Waals surface area contributed by atoms with E-state index in [4.69, 9.17) is 48.9 Å². The largest absolute Gasteiger partial charge is 0.378 e. The van der Waals surface area contributed by atoms with E-state index in [1.165, 1.54) is 0 Å². The SMILES string of the molecule is CN(C)c1ccc(C(=S)C(=S)c2ccccc2)cc1.CN(C)c1ccc(C(=S)C(=S)c2ccccc2)cc1.[Ni]. The molecule has 202 valence electrons. The first kappa shape index (κ1) is 32.5. The topological polar surface area (TPSA) is 6.48 Å². The summed E-state index contributed by atoms with van der Waals surface area (Å²) in [6.07, 6.45) is 0. The van der Waals surface area contributed by atoms with E-state index in [1.54, 1.807) is 0 Å². The molecule has 0 aliphatic heterocycles. The monoisotopic (exact) mass is 628 g/mol. The predicted octanol–water partition coefficient (Wildman–Crippen LogP) is 7.78. The summed E-state index contributed by atoms with van der Waals surface area (Å²) in [4.78, 5) is 7.03. The minimum Gasteiger partial charge on any atom is -0.378 e. The summed E-state index contributed by atoms with van der Waals surface area (Å²) in [6.45, 7) is 0. The van der Waals surface area contributed by atoms with E-state index >= 15 is 0 Å². The Kier molecular flexibility index (Phi) is 13.2. The average Bonchev–Trinajstić information content (AvgIpc) is 2.97. The van der Waals surface area contributed by atoms with Crippen LogP contribution in [0.25, 0.3) is 0 Å². The molecule has 0 bridgehead atoms. The van der Waals surface area contributed by atoms with Gasteiger partial charge in [0.15, 0.2) is 0 Å². The fraction of sp³-hybridized carbons (Fsp3) is 0.125. The fourth-order valence-corrected chi connectivity index (χ4v) is 4.54. The number of hydrogen-bond donors (Lipinski definition) is 0. The van der Waals surface area contributed by atoms with Crippen LogP contribution in [0.4, 0.5) is 11.4 Å². The van der Waals surface area contributed by atoms with Crippen LogP contribution in [0.5, 0.6) is 0 Å². The van der Waals surface area contributed by atoms with E-state index in [2.05, 4.69) is 34.1 Å². The quantitative estimate of drug-likeness (QED) is 0.111. The van der Waals surface area contributed by atoms with Gasteiger partial charge in [-0.05, 0) is 46.5 Å². The molecule has 2 nitrogen and oxygen atoms in total. The third-order valence-corrected chi connectivity index (χ3v) is 7.79. The summed E-state index contributed by atoms with van der Waals surface area (Å²) in [5.74, 6) is 0. The van der Waals surface area contributed by atoms with E-state index in [-0.39, 0.29) is 16.5 Å². The van der Waals surface area contributed by atoms with Crippen LogP contribution in [0.2, 0.25) is 0 Å². The van der Waals surface area contributed by atoms with Crippen LogP contribution in [-0.4, -0.2) is 47.6 Å². The second kappa shape index (κ2) is 15.8. The predicted molar refractivity (Wildman–Crippen MR) is 181 cm³/mol. The molecule has 7 heteroatoms. The molecule has 0 aromatic heterocycles. The summed E-state index contributed by atoms with van der Waals surface area (Å²) in [6, 6.07) is 36.1. The molecule has 0 saturated carbocycles. The molecule has 0 N–H and O–H groups in total.